The number of carbonyl (C=O) groups is 1. The lowest BCUT2D eigenvalue weighted by atomic mass is 10.0. The quantitative estimate of drug-likeness (QED) is 0.912. The molecule has 2 aromatic rings. The number of nitrogens with zero attached hydrogens (tertiary/aromatic N) is 4. The predicted octanol–water partition coefficient (Wildman–Crippen LogP) is 1.65. The Morgan fingerprint density at radius 3 is 2.50 bits per heavy atom. The topological polar surface area (TPSA) is 63.1 Å². The summed E-state index contributed by atoms with van der Waals surface area (Å²) in [5.74, 6) is -0.215. The van der Waals surface area contributed by atoms with Crippen LogP contribution in [0.1, 0.15) is 29.9 Å². The summed E-state index contributed by atoms with van der Waals surface area (Å²) in [6, 6.07) is 7.88. The van der Waals surface area contributed by atoms with Crippen LogP contribution in [0, 0.1) is 6.92 Å². The highest BCUT2D eigenvalue weighted by Gasteiger charge is 2.22. The summed E-state index contributed by atoms with van der Waals surface area (Å²) in [7, 11) is 3.97. The van der Waals surface area contributed by atoms with Crippen molar-refractivity contribution in [3.63, 3.8) is 0 Å². The second-order valence-electron chi connectivity index (χ2n) is 6.27. The standard InChI is InChI=1S/C16H23N5O/c1-12-6-8-13(9-7-12)21-10-14(18-19-21)15(22)17-11-16(2,3)20(4)5/h6-10H,11H2,1-5H3,(H,17,22). The summed E-state index contributed by atoms with van der Waals surface area (Å²) in [5, 5.41) is 10.9. The van der Waals surface area contributed by atoms with Gasteiger partial charge in [-0.3, -0.25) is 4.79 Å². The maximum Gasteiger partial charge on any atom is 0.273 e. The van der Waals surface area contributed by atoms with Gasteiger partial charge < -0.3 is 10.2 Å². The predicted molar refractivity (Wildman–Crippen MR) is 86.2 cm³/mol. The Kier molecular flexibility index (Phi) is 4.61. The van der Waals surface area contributed by atoms with E-state index in [9.17, 15) is 4.79 Å². The molecule has 0 spiro atoms. The third-order valence-corrected chi connectivity index (χ3v) is 3.92. The molecule has 0 bridgehead atoms. The number of amides is 1. The first-order valence-electron chi connectivity index (χ1n) is 7.24. The molecule has 1 aromatic heterocycles. The first kappa shape index (κ1) is 16.2. The van der Waals surface area contributed by atoms with Gasteiger partial charge in [-0.25, -0.2) is 4.68 Å². The minimum absolute atomic E-state index is 0.122. The zero-order valence-electron chi connectivity index (χ0n) is 13.8. The molecule has 0 atom stereocenters. The molecule has 22 heavy (non-hydrogen) atoms. The van der Waals surface area contributed by atoms with Crippen molar-refractivity contribution in [1.82, 2.24) is 25.2 Å². The Labute approximate surface area is 131 Å². The molecule has 0 saturated carbocycles. The summed E-state index contributed by atoms with van der Waals surface area (Å²) in [6.45, 7) is 6.69. The number of aromatic nitrogens is 3. The van der Waals surface area contributed by atoms with Gasteiger partial charge in [0.25, 0.3) is 5.91 Å². The normalized spacial score (nSPS) is 11.7. The van der Waals surface area contributed by atoms with Crippen LogP contribution >= 0.6 is 0 Å². The Balaban J connectivity index is 2.05. The molecule has 0 fully saturated rings. The summed E-state index contributed by atoms with van der Waals surface area (Å²) >= 11 is 0. The lowest BCUT2D eigenvalue weighted by Crippen LogP contribution is -2.48. The molecular weight excluding hydrogens is 278 g/mol. The van der Waals surface area contributed by atoms with Crippen LogP contribution in [0.25, 0.3) is 5.69 Å². The van der Waals surface area contributed by atoms with E-state index in [0.29, 0.717) is 12.2 Å². The van der Waals surface area contributed by atoms with Gasteiger partial charge in [-0.15, -0.1) is 5.10 Å². The zero-order valence-corrected chi connectivity index (χ0v) is 13.8. The largest absolute Gasteiger partial charge is 0.349 e. The van der Waals surface area contributed by atoms with Crippen LogP contribution < -0.4 is 5.32 Å². The van der Waals surface area contributed by atoms with Gasteiger partial charge in [0.05, 0.1) is 11.9 Å². The second-order valence-corrected chi connectivity index (χ2v) is 6.27. The van der Waals surface area contributed by atoms with E-state index in [1.807, 2.05) is 45.3 Å². The fraction of sp³-hybridized carbons (Fsp3) is 0.438. The monoisotopic (exact) mass is 301 g/mol. The van der Waals surface area contributed by atoms with Crippen LogP contribution in [0.5, 0.6) is 0 Å². The number of hydrogen-bond acceptors (Lipinski definition) is 4. The number of carbonyl (C=O) groups excluding carboxylic acids is 1. The number of rotatable bonds is 5. The summed E-state index contributed by atoms with van der Waals surface area (Å²) in [6.07, 6.45) is 1.64. The molecule has 2 rings (SSSR count). The van der Waals surface area contributed by atoms with Crippen molar-refractivity contribution in [3.8, 4) is 5.69 Å². The maximum atomic E-state index is 12.2. The number of aryl methyl sites for hydroxylation is 1. The van der Waals surface area contributed by atoms with Gasteiger partial charge in [0.2, 0.25) is 0 Å². The van der Waals surface area contributed by atoms with Gasteiger partial charge in [-0.2, -0.15) is 0 Å². The molecule has 0 aliphatic heterocycles. The van der Waals surface area contributed by atoms with Gasteiger partial charge in [-0.1, -0.05) is 22.9 Å². The molecule has 6 nitrogen and oxygen atoms in total. The van der Waals surface area contributed by atoms with Crippen LogP contribution in [-0.4, -0.2) is 52.0 Å². The van der Waals surface area contributed by atoms with E-state index in [2.05, 4.69) is 34.4 Å². The Bertz CT molecular complexity index is 643. The fourth-order valence-corrected chi connectivity index (χ4v) is 1.74. The van der Waals surface area contributed by atoms with E-state index < -0.39 is 0 Å². The average Bonchev–Trinajstić information content (AvgIpc) is 2.95. The van der Waals surface area contributed by atoms with Crippen molar-refractivity contribution in [2.45, 2.75) is 26.3 Å². The van der Waals surface area contributed by atoms with Crippen LogP contribution in [-0.2, 0) is 0 Å². The molecule has 0 aliphatic rings. The summed E-state index contributed by atoms with van der Waals surface area (Å²) in [5.41, 5.74) is 2.25. The van der Waals surface area contributed by atoms with E-state index >= 15 is 0 Å². The number of likely N-dealkylation sites (N-methyl/N-ethyl adjacent to an activating group) is 1. The average molecular weight is 301 g/mol. The van der Waals surface area contributed by atoms with E-state index in [-0.39, 0.29) is 11.4 Å². The molecule has 6 heteroatoms. The van der Waals surface area contributed by atoms with Gasteiger partial charge >= 0.3 is 0 Å². The molecule has 0 radical (unpaired) electrons. The zero-order chi connectivity index (χ0) is 16.3. The van der Waals surface area contributed by atoms with E-state index in [4.69, 9.17) is 0 Å². The van der Waals surface area contributed by atoms with Crippen molar-refractivity contribution in [2.24, 2.45) is 0 Å². The molecule has 1 aromatic carbocycles. The highest BCUT2D eigenvalue weighted by atomic mass is 16.2. The lowest BCUT2D eigenvalue weighted by molar-refractivity contribution is 0.0914. The third kappa shape index (κ3) is 3.71. The van der Waals surface area contributed by atoms with E-state index in [1.54, 1.807) is 10.9 Å². The summed E-state index contributed by atoms with van der Waals surface area (Å²) in [4.78, 5) is 14.2. The minimum atomic E-state index is -0.215. The highest BCUT2D eigenvalue weighted by Crippen LogP contribution is 2.10. The van der Waals surface area contributed by atoms with E-state index in [0.717, 1.165) is 5.69 Å². The number of hydrogen-bond donors (Lipinski definition) is 1. The molecule has 0 aliphatic carbocycles. The summed E-state index contributed by atoms with van der Waals surface area (Å²) < 4.78 is 1.60. The Hall–Kier alpha value is -2.21. The van der Waals surface area contributed by atoms with Crippen LogP contribution in [0.4, 0.5) is 0 Å². The van der Waals surface area contributed by atoms with Crippen LogP contribution in [0.3, 0.4) is 0 Å². The first-order chi connectivity index (χ1) is 10.3. The highest BCUT2D eigenvalue weighted by molar-refractivity contribution is 5.91. The molecular formula is C16H23N5O. The smallest absolute Gasteiger partial charge is 0.273 e. The second kappa shape index (κ2) is 6.27. The maximum absolute atomic E-state index is 12.2. The Morgan fingerprint density at radius 2 is 1.91 bits per heavy atom. The van der Waals surface area contributed by atoms with Crippen molar-refractivity contribution in [1.29, 1.82) is 0 Å². The van der Waals surface area contributed by atoms with Crippen molar-refractivity contribution in [2.75, 3.05) is 20.6 Å². The Morgan fingerprint density at radius 1 is 1.27 bits per heavy atom. The van der Waals surface area contributed by atoms with E-state index in [1.165, 1.54) is 5.56 Å². The van der Waals surface area contributed by atoms with Gasteiger partial charge in [0.1, 0.15) is 0 Å². The molecule has 1 N–H and O–H groups in total. The molecule has 0 saturated heterocycles. The SMILES string of the molecule is Cc1ccc(-n2cc(C(=O)NCC(C)(C)N(C)C)nn2)cc1. The molecule has 1 amide bonds. The molecule has 118 valence electrons. The van der Waals surface area contributed by atoms with Gasteiger partial charge in [0, 0.05) is 12.1 Å². The minimum Gasteiger partial charge on any atom is -0.349 e. The number of nitrogens with one attached hydrogen (secondary N) is 1. The third-order valence-electron chi connectivity index (χ3n) is 3.92. The van der Waals surface area contributed by atoms with Gasteiger partial charge in [-0.05, 0) is 47.0 Å². The van der Waals surface area contributed by atoms with Crippen molar-refractivity contribution >= 4 is 5.91 Å². The van der Waals surface area contributed by atoms with Gasteiger partial charge in [0.15, 0.2) is 5.69 Å². The molecule has 1 heterocycles. The lowest BCUT2D eigenvalue weighted by Gasteiger charge is -2.32. The fourth-order valence-electron chi connectivity index (χ4n) is 1.74. The van der Waals surface area contributed by atoms with Crippen molar-refractivity contribution < 1.29 is 4.79 Å². The van der Waals surface area contributed by atoms with Crippen molar-refractivity contribution in [3.05, 3.63) is 41.7 Å². The first-order valence-corrected chi connectivity index (χ1v) is 7.24. The van der Waals surface area contributed by atoms with Crippen LogP contribution in [0.2, 0.25) is 0 Å². The number of benzene rings is 1. The van der Waals surface area contributed by atoms with Crippen LogP contribution in [0.15, 0.2) is 30.5 Å². The molecule has 0 unspecified atom stereocenters.